The lowest BCUT2D eigenvalue weighted by molar-refractivity contribution is 0.634. The number of fused-ring (bicyclic) bond motifs is 1. The molecule has 0 aliphatic carbocycles. The molecule has 2 heteroatoms. The van der Waals surface area contributed by atoms with Gasteiger partial charge in [0.05, 0.1) is 0 Å². The standard InChI is InChI=1S/C15H19ClS/c1-2-3-4-5-6-7-14-11-12-10-13(16)8-9-15(12)17-14/h8-11H,2-7H2,1H3. The summed E-state index contributed by atoms with van der Waals surface area (Å²) in [5.74, 6) is 0. The van der Waals surface area contributed by atoms with Gasteiger partial charge in [-0.25, -0.2) is 0 Å². The molecule has 92 valence electrons. The van der Waals surface area contributed by atoms with E-state index in [4.69, 9.17) is 11.6 Å². The Kier molecular flexibility index (Phi) is 4.87. The van der Waals surface area contributed by atoms with E-state index in [-0.39, 0.29) is 0 Å². The van der Waals surface area contributed by atoms with Crippen LogP contribution in [0.25, 0.3) is 10.1 Å². The number of thiophene rings is 1. The molecule has 0 fully saturated rings. The molecule has 0 bridgehead atoms. The summed E-state index contributed by atoms with van der Waals surface area (Å²) in [4.78, 5) is 1.50. The van der Waals surface area contributed by atoms with Crippen LogP contribution in [0.15, 0.2) is 24.3 Å². The molecule has 0 amide bonds. The van der Waals surface area contributed by atoms with E-state index in [0.29, 0.717) is 0 Å². The van der Waals surface area contributed by atoms with Crippen LogP contribution in [-0.2, 0) is 6.42 Å². The molecule has 0 unspecified atom stereocenters. The van der Waals surface area contributed by atoms with E-state index in [0.717, 1.165) is 5.02 Å². The van der Waals surface area contributed by atoms with Crippen LogP contribution in [0.2, 0.25) is 5.02 Å². The van der Waals surface area contributed by atoms with Crippen LogP contribution in [0.3, 0.4) is 0 Å². The number of rotatable bonds is 6. The third kappa shape index (κ3) is 3.72. The molecule has 1 heterocycles. The van der Waals surface area contributed by atoms with Gasteiger partial charge in [0, 0.05) is 14.6 Å². The highest BCUT2D eigenvalue weighted by Gasteiger charge is 2.02. The fourth-order valence-electron chi connectivity index (χ4n) is 2.10. The van der Waals surface area contributed by atoms with Crippen LogP contribution in [0, 0.1) is 0 Å². The fraction of sp³-hybridized carbons (Fsp3) is 0.467. The molecule has 0 N–H and O–H groups in total. The molecule has 2 rings (SSSR count). The third-order valence-electron chi connectivity index (χ3n) is 3.06. The van der Waals surface area contributed by atoms with Crippen molar-refractivity contribution in [1.82, 2.24) is 0 Å². The average Bonchev–Trinajstić information content (AvgIpc) is 2.70. The molecule has 0 spiro atoms. The second-order valence-electron chi connectivity index (χ2n) is 4.56. The molecule has 0 saturated heterocycles. The van der Waals surface area contributed by atoms with Gasteiger partial charge in [0.15, 0.2) is 0 Å². The lowest BCUT2D eigenvalue weighted by Crippen LogP contribution is -1.81. The van der Waals surface area contributed by atoms with E-state index in [9.17, 15) is 0 Å². The minimum atomic E-state index is 0.838. The zero-order valence-corrected chi connectivity index (χ0v) is 11.9. The van der Waals surface area contributed by atoms with Gasteiger partial charge in [-0.05, 0) is 42.5 Å². The van der Waals surface area contributed by atoms with Crippen LogP contribution < -0.4 is 0 Å². The summed E-state index contributed by atoms with van der Waals surface area (Å²) in [6, 6.07) is 8.47. The molecule has 0 radical (unpaired) electrons. The molecular weight excluding hydrogens is 248 g/mol. The van der Waals surface area contributed by atoms with Crippen LogP contribution >= 0.6 is 22.9 Å². The number of unbranched alkanes of at least 4 members (excludes halogenated alkanes) is 4. The molecule has 2 aromatic rings. The summed E-state index contributed by atoms with van der Waals surface area (Å²) in [6.07, 6.45) is 7.99. The molecule has 17 heavy (non-hydrogen) atoms. The lowest BCUT2D eigenvalue weighted by atomic mass is 10.1. The van der Waals surface area contributed by atoms with Crippen LogP contribution in [-0.4, -0.2) is 0 Å². The van der Waals surface area contributed by atoms with Crippen molar-refractivity contribution < 1.29 is 0 Å². The Morgan fingerprint density at radius 2 is 1.88 bits per heavy atom. The Labute approximate surface area is 113 Å². The van der Waals surface area contributed by atoms with Gasteiger partial charge in [0.25, 0.3) is 0 Å². The zero-order valence-electron chi connectivity index (χ0n) is 10.3. The molecule has 0 saturated carbocycles. The maximum atomic E-state index is 5.99. The highest BCUT2D eigenvalue weighted by atomic mass is 35.5. The van der Waals surface area contributed by atoms with E-state index in [2.05, 4.69) is 25.1 Å². The largest absolute Gasteiger partial charge is 0.140 e. The monoisotopic (exact) mass is 266 g/mol. The van der Waals surface area contributed by atoms with Gasteiger partial charge >= 0.3 is 0 Å². The quantitative estimate of drug-likeness (QED) is 0.557. The normalized spacial score (nSPS) is 11.2. The summed E-state index contributed by atoms with van der Waals surface area (Å²) >= 11 is 7.91. The zero-order chi connectivity index (χ0) is 12.1. The van der Waals surface area contributed by atoms with Crippen molar-refractivity contribution in [2.45, 2.75) is 45.4 Å². The molecule has 1 aromatic heterocycles. The SMILES string of the molecule is CCCCCCCc1cc2cc(Cl)ccc2s1. The number of benzene rings is 1. The van der Waals surface area contributed by atoms with Crippen molar-refractivity contribution in [3.63, 3.8) is 0 Å². The van der Waals surface area contributed by atoms with Gasteiger partial charge in [0.2, 0.25) is 0 Å². The van der Waals surface area contributed by atoms with Gasteiger partial charge in [-0.3, -0.25) is 0 Å². The van der Waals surface area contributed by atoms with Crippen LogP contribution in [0.1, 0.15) is 43.9 Å². The van der Waals surface area contributed by atoms with Gasteiger partial charge in [-0.1, -0.05) is 44.2 Å². The van der Waals surface area contributed by atoms with Crippen LogP contribution in [0.4, 0.5) is 0 Å². The number of aryl methyl sites for hydroxylation is 1. The first-order valence-electron chi connectivity index (χ1n) is 6.47. The minimum absolute atomic E-state index is 0.838. The van der Waals surface area contributed by atoms with Gasteiger partial charge < -0.3 is 0 Å². The maximum absolute atomic E-state index is 5.99. The summed E-state index contributed by atoms with van der Waals surface area (Å²) in [5.41, 5.74) is 0. The highest BCUT2D eigenvalue weighted by molar-refractivity contribution is 7.19. The van der Waals surface area contributed by atoms with Gasteiger partial charge in [0.1, 0.15) is 0 Å². The second-order valence-corrected chi connectivity index (χ2v) is 6.16. The van der Waals surface area contributed by atoms with E-state index in [1.807, 2.05) is 17.4 Å². The second kappa shape index (κ2) is 6.42. The van der Waals surface area contributed by atoms with Crippen LogP contribution in [0.5, 0.6) is 0 Å². The van der Waals surface area contributed by atoms with Crippen molar-refractivity contribution in [2.24, 2.45) is 0 Å². The molecule has 0 aliphatic rings. The number of hydrogen-bond donors (Lipinski definition) is 0. The average molecular weight is 267 g/mol. The maximum Gasteiger partial charge on any atom is 0.0412 e. The van der Waals surface area contributed by atoms with Gasteiger partial charge in [-0.2, -0.15) is 0 Å². The first kappa shape index (κ1) is 12.9. The molecular formula is C15H19ClS. The topological polar surface area (TPSA) is 0 Å². The first-order chi connectivity index (χ1) is 8.29. The van der Waals surface area contributed by atoms with Crippen molar-refractivity contribution in [1.29, 1.82) is 0 Å². The summed E-state index contributed by atoms with van der Waals surface area (Å²) < 4.78 is 1.36. The Hall–Kier alpha value is -0.530. The third-order valence-corrected chi connectivity index (χ3v) is 4.47. The van der Waals surface area contributed by atoms with Crippen molar-refractivity contribution in [3.05, 3.63) is 34.2 Å². The van der Waals surface area contributed by atoms with Gasteiger partial charge in [-0.15, -0.1) is 11.3 Å². The van der Waals surface area contributed by atoms with Crippen molar-refractivity contribution in [2.75, 3.05) is 0 Å². The highest BCUT2D eigenvalue weighted by Crippen LogP contribution is 2.29. The van der Waals surface area contributed by atoms with E-state index in [1.54, 1.807) is 0 Å². The van der Waals surface area contributed by atoms with Crippen molar-refractivity contribution >= 4 is 33.0 Å². The summed E-state index contributed by atoms with van der Waals surface area (Å²) in [5, 5.41) is 2.14. The number of halogens is 1. The smallest absolute Gasteiger partial charge is 0.0412 e. The van der Waals surface area contributed by atoms with E-state index in [1.165, 1.54) is 53.5 Å². The van der Waals surface area contributed by atoms with Crippen molar-refractivity contribution in [3.8, 4) is 0 Å². The first-order valence-corrected chi connectivity index (χ1v) is 7.67. The Balaban J connectivity index is 1.91. The Bertz CT molecular complexity index is 473. The predicted octanol–water partition coefficient (Wildman–Crippen LogP) is 6.07. The number of hydrogen-bond acceptors (Lipinski definition) is 1. The summed E-state index contributed by atoms with van der Waals surface area (Å²) in [7, 11) is 0. The molecule has 0 aliphatic heterocycles. The minimum Gasteiger partial charge on any atom is -0.140 e. The van der Waals surface area contributed by atoms with E-state index >= 15 is 0 Å². The lowest BCUT2D eigenvalue weighted by Gasteiger charge is -1.97. The van der Waals surface area contributed by atoms with E-state index < -0.39 is 0 Å². The Morgan fingerprint density at radius 3 is 2.71 bits per heavy atom. The molecule has 1 aromatic carbocycles. The predicted molar refractivity (Wildman–Crippen MR) is 79.3 cm³/mol. The Morgan fingerprint density at radius 1 is 1.06 bits per heavy atom. The fourth-order valence-corrected chi connectivity index (χ4v) is 3.36. The summed E-state index contributed by atoms with van der Waals surface area (Å²) in [6.45, 7) is 2.26. The molecule has 0 atom stereocenters. The molecule has 0 nitrogen and oxygen atoms in total.